The zero-order valence-corrected chi connectivity index (χ0v) is 23.9. The summed E-state index contributed by atoms with van der Waals surface area (Å²) in [5.41, 5.74) is 6.91. The smallest absolute Gasteiger partial charge is 0.147 e. The Morgan fingerprint density at radius 1 is 0.679 bits per heavy atom. The number of allylic oxidation sites excluding steroid dienone is 8. The van der Waals surface area contributed by atoms with Crippen LogP contribution in [0.5, 0.6) is 0 Å². The minimum absolute atomic E-state index is 0. The third-order valence-corrected chi connectivity index (χ3v) is 17.6. The van der Waals surface area contributed by atoms with E-state index in [2.05, 4.69) is 57.9 Å². The maximum absolute atomic E-state index is 2.82. The summed E-state index contributed by atoms with van der Waals surface area (Å²) in [6.07, 6.45) is 18.1. The summed E-state index contributed by atoms with van der Waals surface area (Å²) in [4.78, 5) is 0. The zero-order chi connectivity index (χ0) is 19.4. The van der Waals surface area contributed by atoms with Crippen molar-refractivity contribution in [2.24, 2.45) is 0 Å². The topological polar surface area (TPSA) is 0 Å². The van der Waals surface area contributed by atoms with Crippen molar-refractivity contribution < 1.29 is 14.0 Å². The molecule has 0 nitrogen and oxygen atoms in total. The van der Waals surface area contributed by atoms with Gasteiger partial charge in [-0.2, -0.15) is 0 Å². The average Bonchev–Trinajstić information content (AvgIpc) is 3.14. The second kappa shape index (κ2) is 11.8. The predicted molar refractivity (Wildman–Crippen MR) is 134 cm³/mol. The summed E-state index contributed by atoms with van der Waals surface area (Å²) in [5.74, 6) is 0. The quantitative estimate of drug-likeness (QED) is 0.276. The Morgan fingerprint density at radius 2 is 1.00 bits per heavy atom. The van der Waals surface area contributed by atoms with Crippen LogP contribution in [0.2, 0.25) is 10.5 Å². The monoisotopic (exact) mass is 478 g/mol. The fraction of sp³-hybridized carbons (Fsp3) is 0.667. The van der Waals surface area contributed by atoms with Crippen molar-refractivity contribution >= 4 is 32.4 Å². The summed E-state index contributed by atoms with van der Waals surface area (Å²) < 4.78 is 3.83. The first-order valence-corrected chi connectivity index (χ1v) is 19.9. The van der Waals surface area contributed by atoms with Gasteiger partial charge in [0.1, 0.15) is 0 Å². The number of hydrogen-bond donors (Lipinski definition) is 0. The van der Waals surface area contributed by atoms with E-state index in [4.69, 9.17) is 0 Å². The van der Waals surface area contributed by atoms with E-state index >= 15 is 0 Å². The van der Waals surface area contributed by atoms with Gasteiger partial charge in [0.05, 0.1) is 0 Å². The molecule has 2 aliphatic rings. The summed E-state index contributed by atoms with van der Waals surface area (Å²) >= 11 is -2.82. The molecule has 0 amide bonds. The fourth-order valence-electron chi connectivity index (χ4n) is 5.18. The van der Waals surface area contributed by atoms with Crippen LogP contribution in [-0.2, 0) is 14.0 Å². The van der Waals surface area contributed by atoms with E-state index in [1.165, 1.54) is 64.2 Å². The molecule has 2 aliphatic carbocycles. The van der Waals surface area contributed by atoms with E-state index in [0.717, 1.165) is 0 Å². The first-order valence-electron chi connectivity index (χ1n) is 11.2. The average molecular weight is 479 g/mol. The van der Waals surface area contributed by atoms with Crippen molar-refractivity contribution in [3.05, 3.63) is 42.2 Å². The number of hydrogen-bond acceptors (Lipinski definition) is 0. The van der Waals surface area contributed by atoms with Gasteiger partial charge in [0.2, 0.25) is 0 Å². The Bertz CT molecular complexity index is 676. The van der Waals surface area contributed by atoms with Crippen molar-refractivity contribution in [3.8, 4) is 0 Å². The molecule has 0 radical (unpaired) electrons. The Kier molecular flexibility index (Phi) is 12.0. The second-order valence-corrected chi connectivity index (χ2v) is 28.7. The van der Waals surface area contributed by atoms with Crippen LogP contribution in [0.1, 0.15) is 91.9 Å². The summed E-state index contributed by atoms with van der Waals surface area (Å²) in [7, 11) is 2.45. The van der Waals surface area contributed by atoms with Crippen LogP contribution in [0.3, 0.4) is 0 Å². The third kappa shape index (κ3) is 6.24. The maximum atomic E-state index is 2.73. The molecule has 2 rings (SSSR count). The van der Waals surface area contributed by atoms with Gasteiger partial charge in [-0.15, -0.1) is 24.8 Å². The molecule has 0 fully saturated rings. The molecule has 0 unspecified atom stereocenters. The molecule has 0 saturated heterocycles. The Labute approximate surface area is 190 Å². The molecule has 0 aromatic rings. The van der Waals surface area contributed by atoms with Crippen LogP contribution in [0.15, 0.2) is 42.2 Å². The maximum Gasteiger partial charge on any atom is -0.147 e. The van der Waals surface area contributed by atoms with Crippen molar-refractivity contribution in [1.29, 1.82) is 0 Å². The van der Waals surface area contributed by atoms with Gasteiger partial charge >= 0.3 is 166 Å². The third-order valence-electron chi connectivity index (χ3n) is 6.46. The fourth-order valence-corrected chi connectivity index (χ4v) is 15.0. The first-order chi connectivity index (χ1) is 12.3. The Hall–Kier alpha value is 0.471. The van der Waals surface area contributed by atoms with E-state index in [-0.39, 0.29) is 24.8 Å². The van der Waals surface area contributed by atoms with Crippen LogP contribution < -0.4 is 0 Å². The first kappa shape index (κ1) is 28.5. The van der Waals surface area contributed by atoms with Crippen LogP contribution in [0.4, 0.5) is 0 Å². The molecule has 28 heavy (non-hydrogen) atoms. The van der Waals surface area contributed by atoms with Gasteiger partial charge in [-0.25, -0.2) is 0 Å². The van der Waals surface area contributed by atoms with Crippen LogP contribution in [0, 0.1) is 0 Å². The van der Waals surface area contributed by atoms with Crippen molar-refractivity contribution in [2.75, 3.05) is 0 Å². The number of rotatable bonds is 10. The molecule has 0 aromatic heterocycles. The zero-order valence-electron chi connectivity index (χ0n) is 19.2. The molecule has 0 atom stereocenters. The minimum atomic E-state index is -2.82. The van der Waals surface area contributed by atoms with E-state index in [1.807, 2.05) is 7.76 Å². The minimum Gasteiger partial charge on any atom is -0.147 e. The van der Waals surface area contributed by atoms with Crippen molar-refractivity contribution in [2.45, 2.75) is 102 Å². The standard InChI is InChI=1S/2C11H17.2CH3.2ClH.H2Si.Ti/c2*1-3-5-10-7-8-11(9-10)6-4-2;;;;;;/h2*9H,3-7H2,1-2H3;2*1H3;2*1H;1H2;. The van der Waals surface area contributed by atoms with Gasteiger partial charge in [-0.3, -0.25) is 0 Å². The van der Waals surface area contributed by atoms with Crippen LogP contribution in [0.25, 0.3) is 0 Å². The molecule has 0 spiro atoms. The molecular weight excluding hydrogens is 435 g/mol. The SMILES string of the molecule is CCCC1=CC(CCC)=[C]([Ti]([CH3])([CH3])(=[SiH2])[C]2=C(CCC)C=C(CCC)C2)C1.Cl.Cl. The van der Waals surface area contributed by atoms with Gasteiger partial charge in [0.15, 0.2) is 0 Å². The molecular formula is C24H44Cl2SiTi. The van der Waals surface area contributed by atoms with Gasteiger partial charge in [0, 0.05) is 0 Å². The summed E-state index contributed by atoms with van der Waals surface area (Å²) in [6.45, 7) is 9.35. The summed E-state index contributed by atoms with van der Waals surface area (Å²) in [6, 6.07) is 0. The predicted octanol–water partition coefficient (Wildman–Crippen LogP) is 8.53. The van der Waals surface area contributed by atoms with Gasteiger partial charge in [-0.1, -0.05) is 0 Å². The van der Waals surface area contributed by atoms with Gasteiger partial charge in [0.25, 0.3) is 0 Å². The van der Waals surface area contributed by atoms with Crippen molar-refractivity contribution in [3.63, 3.8) is 0 Å². The van der Waals surface area contributed by atoms with E-state index in [0.29, 0.717) is 0 Å². The molecule has 0 aliphatic heterocycles. The molecule has 0 heterocycles. The van der Waals surface area contributed by atoms with Crippen molar-refractivity contribution in [1.82, 2.24) is 0 Å². The largest absolute Gasteiger partial charge is 0.147 e. The number of halogens is 2. The van der Waals surface area contributed by atoms with Gasteiger partial charge < -0.3 is 0 Å². The second-order valence-electron chi connectivity index (χ2n) is 9.65. The van der Waals surface area contributed by atoms with Gasteiger partial charge in [-0.05, 0) is 0 Å². The van der Waals surface area contributed by atoms with Crippen LogP contribution >= 0.6 is 24.8 Å². The molecule has 0 aromatic carbocycles. The Balaban J connectivity index is 0.00000364. The van der Waals surface area contributed by atoms with E-state index < -0.39 is 14.0 Å². The Morgan fingerprint density at radius 3 is 1.29 bits per heavy atom. The molecule has 0 saturated carbocycles. The van der Waals surface area contributed by atoms with Crippen LogP contribution in [-0.4, -0.2) is 7.63 Å². The van der Waals surface area contributed by atoms with E-state index in [1.54, 1.807) is 22.3 Å². The molecule has 0 bridgehead atoms. The molecule has 4 heteroatoms. The molecule has 0 N–H and O–H groups in total. The normalized spacial score (nSPS) is 17.4. The summed E-state index contributed by atoms with van der Waals surface area (Å²) in [5, 5.41) is 5.47. The van der Waals surface area contributed by atoms with E-state index in [9.17, 15) is 0 Å². The molecule has 162 valence electrons.